The van der Waals surface area contributed by atoms with Crippen molar-refractivity contribution in [2.75, 3.05) is 0 Å². The third-order valence-electron chi connectivity index (χ3n) is 0. The maximum Gasteiger partial charge on any atom is 1.00 e. The van der Waals surface area contributed by atoms with Crippen molar-refractivity contribution in [2.24, 2.45) is 0 Å². The standard InChI is InChI=1S/12BO3.Mg.2H/c12*2-1(3)4;;;/q12*-3;;;/p+12. The number of rotatable bonds is 0. The summed E-state index contributed by atoms with van der Waals surface area (Å²) in [6.45, 7) is 0. The quantitative estimate of drug-likeness (QED) is 0.208. The molecule has 0 N–H and O–H groups in total. The van der Waals surface area contributed by atoms with Gasteiger partial charge in [0.05, 0.1) is 0 Å². The Bertz CT molecular complexity index is 276. The highest BCUT2D eigenvalue weighted by molar-refractivity contribution is 6.26. The van der Waals surface area contributed by atoms with E-state index in [4.69, 9.17) is 181 Å². The normalized spacial score (nSPS) is 6.61. The molecule has 0 bridgehead atoms. The van der Waals surface area contributed by atoms with E-state index in [1.807, 2.05) is 0 Å². The summed E-state index contributed by atoms with van der Waals surface area (Å²) in [6.07, 6.45) is 0. The Labute approximate surface area is 309 Å². The van der Waals surface area contributed by atoms with Crippen molar-refractivity contribution < 1.29 is 198 Å². The average Bonchev–Trinajstić information content (AvgIpc) is 2.61. The van der Waals surface area contributed by atoms with Gasteiger partial charge in [-0.2, -0.15) is 0 Å². The third kappa shape index (κ3) is 9200000. The van der Waals surface area contributed by atoms with Gasteiger partial charge in [0.1, 0.15) is 0 Å². The molecule has 0 atom stereocenters. The second-order valence-corrected chi connectivity index (χ2v) is 3.46. The fraction of sp³-hybridized carbons (Fsp3) is 0. The van der Waals surface area contributed by atoms with Crippen LogP contribution >= 0.6 is 0 Å². The summed E-state index contributed by atoms with van der Waals surface area (Å²) < 4.78 is 0. The Hall–Kier alpha value is 0.105. The maximum absolute atomic E-state index is 8.42. The molecule has 49 heavy (non-hydrogen) atoms. The Morgan fingerprint density at radius 1 is 0.122 bits per heavy atom. The first-order valence-electron chi connectivity index (χ1n) is 8.49. The molecule has 0 spiro atoms. The Balaban J connectivity index is -0.00000000989. The van der Waals surface area contributed by atoms with Crippen LogP contribution in [0.2, 0.25) is 0 Å². The first-order chi connectivity index (χ1) is 20.8. The van der Waals surface area contributed by atoms with E-state index in [0.717, 1.165) is 0 Å². The number of hydrogen-bond donors (Lipinski definition) is 0. The highest BCUT2D eigenvalue weighted by Crippen LogP contribution is 1.03. The minimum Gasteiger partial charge on any atom is -0.907 e. The third-order valence-corrected chi connectivity index (χ3v) is 0. The zero-order valence-electron chi connectivity index (χ0n) is 33.6. The lowest BCUT2D eigenvalue weighted by molar-refractivity contribution is -0.481. The van der Waals surface area contributed by atoms with Crippen molar-refractivity contribution in [1.82, 2.24) is 0 Å². The fourth-order valence-corrected chi connectivity index (χ4v) is 0. The minimum atomic E-state index is -2.92. The van der Waals surface area contributed by atoms with Crippen LogP contribution in [0.1, 0.15) is 17.1 Å². The lowest BCUT2D eigenvalue weighted by Crippen LogP contribution is -2.56. The maximum atomic E-state index is 8.42. The minimum absolute atomic E-state index is 0. The molecule has 36 nitrogen and oxygen atoms in total. The van der Waals surface area contributed by atoms with E-state index in [1.54, 1.807) is 0 Å². The molecule has 0 radical (unpaired) electrons. The van der Waals surface area contributed by atoms with Crippen LogP contribution in [0.15, 0.2) is 0 Å². The molecule has 0 aromatic rings. The van der Waals surface area contributed by atoms with E-state index in [-0.39, 0.29) is 40.2 Å². The molecule has 0 aliphatic heterocycles. The van der Waals surface area contributed by atoms with E-state index in [2.05, 4.69) is 0 Å². The molecular weight excluding hydrogens is 730 g/mol. The summed E-state index contributed by atoms with van der Waals surface area (Å²) in [5, 5.41) is 303. The summed E-state index contributed by atoms with van der Waals surface area (Å²) in [4.78, 5) is 0. The molecule has 0 aromatic heterocycles. The average molecular weight is 744 g/mol. The van der Waals surface area contributed by atoms with E-state index < -0.39 is 87.9 Å². The molecule has 0 amide bonds. The zero-order valence-corrected chi connectivity index (χ0v) is 21.6. The summed E-state index contributed by atoms with van der Waals surface area (Å²) in [7, 11) is -35.0. The molecule has 0 aliphatic rings. The highest BCUT2D eigenvalue weighted by atomic mass is 24.3. The van der Waals surface area contributed by atoms with Crippen LogP contribution in [0.25, 0.3) is 0 Å². The topological polar surface area (TPSA) is 830 Å². The van der Waals surface area contributed by atoms with E-state index in [1.165, 1.54) is 0 Å². The van der Waals surface area contributed by atoms with Gasteiger partial charge in [-0.1, -0.05) is 0 Å². The highest BCUT2D eigenvalue weighted by Gasteiger charge is 1.21. The largest absolute Gasteiger partial charge is 1.00 e. The molecule has 0 rings (SSSR count). The molecule has 292 valence electrons. The van der Waals surface area contributed by atoms with Crippen LogP contribution < -0.4 is 181 Å². The van der Waals surface area contributed by atoms with Gasteiger partial charge in [-0.15, -0.1) is 0 Å². The van der Waals surface area contributed by atoms with Gasteiger partial charge >= 0.3 is 40.2 Å². The van der Waals surface area contributed by atoms with Gasteiger partial charge in [0.15, 0.2) is 0 Å². The summed E-state index contributed by atoms with van der Waals surface area (Å²) in [5.41, 5.74) is 0. The molecule has 0 aliphatic carbocycles. The predicted octanol–water partition coefficient (Wildman–Crippen LogP) is -46.9. The van der Waals surface area contributed by atoms with Gasteiger partial charge < -0.3 is 181 Å². The second-order valence-electron chi connectivity index (χ2n) is 3.46. The van der Waals surface area contributed by atoms with Gasteiger partial charge in [-0.05, 0) is 0 Å². The molecule has 0 fully saturated rings. The van der Waals surface area contributed by atoms with E-state index >= 15 is 0 Å². The Morgan fingerprint density at radius 2 is 0.122 bits per heavy atom. The molecule has 0 saturated heterocycles. The van der Waals surface area contributed by atoms with Gasteiger partial charge in [-0.3, -0.25) is 87.9 Å². The van der Waals surface area contributed by atoms with Crippen LogP contribution in [-0.2, 0) is 0 Å². The smallest absolute Gasteiger partial charge is 0.907 e. The summed E-state index contributed by atoms with van der Waals surface area (Å²) >= 11 is 0. The van der Waals surface area contributed by atoms with Crippen LogP contribution in [0.4, 0.5) is 0 Å². The van der Waals surface area contributed by atoms with Crippen molar-refractivity contribution in [2.45, 2.75) is 0 Å². The molecule has 49 heteroatoms. The molecule has 0 aromatic carbocycles. The molecule has 0 unspecified atom stereocenters. The lowest BCUT2D eigenvalue weighted by Gasteiger charge is -2.35. The molecule has 0 saturated carbocycles. The monoisotopic (exact) mass is 746 g/mol. The Morgan fingerprint density at radius 3 is 0.122 bits per heavy atom. The van der Waals surface area contributed by atoms with Gasteiger partial charge in [0, 0.05) is 0 Å². The first-order valence-corrected chi connectivity index (χ1v) is 8.49. The summed E-state index contributed by atoms with van der Waals surface area (Å²) in [5.74, 6) is 0. The van der Waals surface area contributed by atoms with Crippen LogP contribution in [0.3, 0.4) is 0 Å². The molecule has 0 heterocycles. The molecular formula is H14B12MgO36-24. The van der Waals surface area contributed by atoms with Crippen molar-refractivity contribution in [3.63, 3.8) is 0 Å². The van der Waals surface area contributed by atoms with Crippen molar-refractivity contribution in [3.05, 3.63) is 0 Å². The Kier molecular flexibility index (Phi) is 146. The van der Waals surface area contributed by atoms with Crippen molar-refractivity contribution in [3.8, 4) is 0 Å². The summed E-state index contributed by atoms with van der Waals surface area (Å²) in [6, 6.07) is 0. The zero-order chi connectivity index (χ0) is 42.9. The lowest BCUT2D eigenvalue weighted by atomic mass is 10.3. The van der Waals surface area contributed by atoms with Crippen molar-refractivity contribution in [1.29, 1.82) is 0 Å². The number of hydrogen-bond acceptors (Lipinski definition) is 36. The van der Waals surface area contributed by atoms with Crippen LogP contribution in [0.5, 0.6) is 0 Å². The van der Waals surface area contributed by atoms with Crippen molar-refractivity contribution >= 4 is 111 Å². The second kappa shape index (κ2) is 81.9. The van der Waals surface area contributed by atoms with Crippen LogP contribution in [-0.4, -0.2) is 111 Å². The first kappa shape index (κ1) is 87.2. The van der Waals surface area contributed by atoms with E-state index in [0.29, 0.717) is 0 Å². The van der Waals surface area contributed by atoms with E-state index in [9.17, 15) is 0 Å². The fourth-order valence-electron chi connectivity index (χ4n) is 0. The predicted molar refractivity (Wildman–Crippen MR) is 90.9 cm³/mol. The SMILES string of the molecule is [H+].[H+].[H+].[H+].[H+].[H+].[H+].[H+].[H+].[H+].[H+].[H+].[MgH2].[O-]B([O-])[O-].[O-]B([O-])[O-].[O-]B([O-])[O-].[O-]B([O-])[O-].[O-]B([O-])[O-].[O-]B([O-])[O-].[O-]B([O-])[O-].[O-]B([O-])[O-].[O-]B([O-])[O-].[O-]B([O-])[O-].[O-]B([O-])[O-].[O-]B([O-])[O-]. The van der Waals surface area contributed by atoms with Gasteiger partial charge in [0.2, 0.25) is 0 Å². The van der Waals surface area contributed by atoms with Gasteiger partial charge in [-0.25, -0.2) is 0 Å². The van der Waals surface area contributed by atoms with Crippen LogP contribution in [0, 0.1) is 0 Å². The van der Waals surface area contributed by atoms with Gasteiger partial charge in [0.25, 0.3) is 0 Å².